The second-order valence-corrected chi connectivity index (χ2v) is 5.11. The lowest BCUT2D eigenvalue weighted by Gasteiger charge is -2.09. The Kier molecular flexibility index (Phi) is 6.32. The fourth-order valence-electron chi connectivity index (χ4n) is 0.498. The zero-order valence-electron chi connectivity index (χ0n) is 7.24. The summed E-state index contributed by atoms with van der Waals surface area (Å²) in [5.41, 5.74) is 0. The second kappa shape index (κ2) is 6.06. The van der Waals surface area contributed by atoms with E-state index in [4.69, 9.17) is 20.6 Å². The molecule has 0 amide bonds. The summed E-state index contributed by atoms with van der Waals surface area (Å²) in [6, 6.07) is 0. The molecule has 0 atom stereocenters. The van der Waals surface area contributed by atoms with Gasteiger partial charge in [-0.05, 0) is 6.26 Å². The minimum absolute atomic E-state index is 0.317. The average molecular weight is 231 g/mol. The summed E-state index contributed by atoms with van der Waals surface area (Å²) in [6.07, 6.45) is 1.85. The number of hydrogen-bond acceptors (Lipinski definition) is 4. The van der Waals surface area contributed by atoms with Crippen molar-refractivity contribution in [3.8, 4) is 0 Å². The molecule has 3 nitrogen and oxygen atoms in total. The van der Waals surface area contributed by atoms with Crippen LogP contribution in [0.2, 0.25) is 0 Å². The van der Waals surface area contributed by atoms with Crippen LogP contribution in [0, 0.1) is 0 Å². The van der Waals surface area contributed by atoms with Crippen LogP contribution >= 0.6 is 31.0 Å². The average Bonchev–Trinajstić information content (AvgIpc) is 2.14. The summed E-state index contributed by atoms with van der Waals surface area (Å²) >= 11 is 6.99. The molecule has 0 aromatic rings. The molecule has 0 aliphatic rings. The molecule has 12 heavy (non-hydrogen) atoms. The van der Waals surface area contributed by atoms with E-state index in [0.717, 1.165) is 4.91 Å². The van der Waals surface area contributed by atoms with Crippen molar-refractivity contribution in [2.45, 2.75) is 0 Å². The van der Waals surface area contributed by atoms with Crippen molar-refractivity contribution in [2.75, 3.05) is 26.4 Å². The maximum Gasteiger partial charge on any atom is 0.354 e. The first-order valence-electron chi connectivity index (χ1n) is 3.14. The van der Waals surface area contributed by atoms with Crippen molar-refractivity contribution in [2.24, 2.45) is 0 Å². The molecule has 0 unspecified atom stereocenters. The predicted octanol–water partition coefficient (Wildman–Crippen LogP) is 2.92. The Morgan fingerprint density at radius 3 is 2.33 bits per heavy atom. The van der Waals surface area contributed by atoms with Gasteiger partial charge in [-0.2, -0.15) is 0 Å². The Morgan fingerprint density at radius 2 is 2.08 bits per heavy atom. The molecule has 0 aliphatic carbocycles. The van der Waals surface area contributed by atoms with Gasteiger partial charge in [0.1, 0.15) is 0 Å². The van der Waals surface area contributed by atoms with Gasteiger partial charge in [0, 0.05) is 24.9 Å². The fraction of sp³-hybridized carbons (Fsp3) is 0.667. The molecule has 0 radical (unpaired) electrons. The van der Waals surface area contributed by atoms with E-state index in [-0.39, 0.29) is 0 Å². The number of halogens is 1. The molecule has 6 heteroatoms. The molecule has 0 aliphatic heterocycles. The van der Waals surface area contributed by atoms with E-state index in [2.05, 4.69) is 0 Å². The van der Waals surface area contributed by atoms with Crippen molar-refractivity contribution in [1.82, 2.24) is 0 Å². The first-order valence-corrected chi connectivity index (χ1v) is 6.52. The minimum Gasteiger partial charge on any atom is -0.309 e. The number of thioether (sulfide) groups is 1. The topological polar surface area (TPSA) is 35.5 Å². The van der Waals surface area contributed by atoms with E-state index in [1.54, 1.807) is 0 Å². The number of rotatable bonds is 5. The quantitative estimate of drug-likeness (QED) is 0.537. The second-order valence-electron chi connectivity index (χ2n) is 1.84. The van der Waals surface area contributed by atoms with E-state index in [9.17, 15) is 4.57 Å². The third-order valence-corrected chi connectivity index (χ3v) is 4.26. The molecular weight excluding hydrogens is 219 g/mol. The fourth-order valence-corrected chi connectivity index (χ4v) is 2.73. The predicted molar refractivity (Wildman–Crippen MR) is 53.9 cm³/mol. The Hall–Kier alpha value is 0.530. The van der Waals surface area contributed by atoms with E-state index in [1.165, 1.54) is 31.8 Å². The zero-order valence-corrected chi connectivity index (χ0v) is 9.71. The van der Waals surface area contributed by atoms with Crippen LogP contribution in [0.5, 0.6) is 0 Å². The summed E-state index contributed by atoms with van der Waals surface area (Å²) in [5.74, 6) is 1.75. The molecule has 0 aromatic carbocycles. The third-order valence-electron chi connectivity index (χ3n) is 1.20. The summed E-state index contributed by atoms with van der Waals surface area (Å²) < 4.78 is 20.9. The van der Waals surface area contributed by atoms with E-state index in [0.29, 0.717) is 5.88 Å². The normalized spacial score (nSPS) is 13.5. The standard InChI is InChI=1S/C6H12ClO3PS/c1-9-11(8,10-2)5-6(4-7)12-3/h5H,4H2,1-3H3/b6-5+. The van der Waals surface area contributed by atoms with Crippen LogP contribution in [0.4, 0.5) is 0 Å². The molecule has 0 fully saturated rings. The van der Waals surface area contributed by atoms with Crippen LogP contribution in [-0.4, -0.2) is 26.4 Å². The van der Waals surface area contributed by atoms with E-state index >= 15 is 0 Å². The van der Waals surface area contributed by atoms with Crippen LogP contribution in [0.1, 0.15) is 0 Å². The van der Waals surface area contributed by atoms with Crippen molar-refractivity contribution in [3.63, 3.8) is 0 Å². The molecule has 0 saturated heterocycles. The highest BCUT2D eigenvalue weighted by molar-refractivity contribution is 8.02. The molecule has 0 saturated carbocycles. The summed E-state index contributed by atoms with van der Waals surface area (Å²) in [4.78, 5) is 0.781. The van der Waals surface area contributed by atoms with Crippen molar-refractivity contribution in [1.29, 1.82) is 0 Å². The van der Waals surface area contributed by atoms with Gasteiger partial charge >= 0.3 is 7.60 Å². The highest BCUT2D eigenvalue weighted by atomic mass is 35.5. The summed E-state index contributed by atoms with van der Waals surface area (Å²) in [7, 11) is -0.357. The molecule has 0 rings (SSSR count). The largest absolute Gasteiger partial charge is 0.354 e. The lowest BCUT2D eigenvalue weighted by atomic mass is 10.7. The van der Waals surface area contributed by atoms with Gasteiger partial charge in [-0.25, -0.2) is 0 Å². The van der Waals surface area contributed by atoms with Gasteiger partial charge in [0.25, 0.3) is 0 Å². The van der Waals surface area contributed by atoms with Crippen LogP contribution in [0.3, 0.4) is 0 Å². The van der Waals surface area contributed by atoms with Gasteiger partial charge in [-0.15, -0.1) is 23.4 Å². The Balaban J connectivity index is 4.54. The number of hydrogen-bond donors (Lipinski definition) is 0. The van der Waals surface area contributed by atoms with Gasteiger partial charge in [-0.3, -0.25) is 4.57 Å². The third kappa shape index (κ3) is 3.97. The molecule has 0 bridgehead atoms. The van der Waals surface area contributed by atoms with Crippen molar-refractivity contribution in [3.05, 3.63) is 10.7 Å². The Morgan fingerprint density at radius 1 is 1.58 bits per heavy atom. The number of allylic oxidation sites excluding steroid dienone is 1. The van der Waals surface area contributed by atoms with Crippen molar-refractivity contribution < 1.29 is 13.6 Å². The first-order chi connectivity index (χ1) is 5.61. The maximum atomic E-state index is 11.5. The maximum absolute atomic E-state index is 11.5. The van der Waals surface area contributed by atoms with Gasteiger partial charge in [-0.1, -0.05) is 0 Å². The first kappa shape index (κ1) is 12.5. The Labute approximate surface area is 82.0 Å². The molecular formula is C6H12ClO3PS. The van der Waals surface area contributed by atoms with E-state index < -0.39 is 7.60 Å². The van der Waals surface area contributed by atoms with Crippen LogP contribution < -0.4 is 0 Å². The zero-order chi connectivity index (χ0) is 9.61. The van der Waals surface area contributed by atoms with Gasteiger partial charge in [0.15, 0.2) is 0 Å². The monoisotopic (exact) mass is 230 g/mol. The van der Waals surface area contributed by atoms with Crippen LogP contribution in [-0.2, 0) is 13.6 Å². The van der Waals surface area contributed by atoms with Gasteiger partial charge in [0.05, 0.1) is 5.88 Å². The molecule has 0 heterocycles. The molecule has 0 N–H and O–H groups in total. The van der Waals surface area contributed by atoms with Crippen LogP contribution in [0.15, 0.2) is 10.7 Å². The molecule has 72 valence electrons. The Bertz CT molecular complexity index is 193. The molecule has 0 aromatic heterocycles. The van der Waals surface area contributed by atoms with E-state index in [1.807, 2.05) is 6.26 Å². The lowest BCUT2D eigenvalue weighted by molar-refractivity contribution is 0.286. The lowest BCUT2D eigenvalue weighted by Crippen LogP contribution is -1.86. The molecule has 0 spiro atoms. The van der Waals surface area contributed by atoms with Crippen LogP contribution in [0.25, 0.3) is 0 Å². The van der Waals surface area contributed by atoms with Gasteiger partial charge in [0.2, 0.25) is 0 Å². The van der Waals surface area contributed by atoms with Gasteiger partial charge < -0.3 is 9.05 Å². The smallest absolute Gasteiger partial charge is 0.309 e. The highest BCUT2D eigenvalue weighted by Crippen LogP contribution is 2.49. The summed E-state index contributed by atoms with van der Waals surface area (Å²) in [6.45, 7) is 0. The number of alkyl halides is 1. The minimum atomic E-state index is -3.04. The van der Waals surface area contributed by atoms with Crippen molar-refractivity contribution >= 4 is 31.0 Å². The SMILES string of the molecule is COP(=O)(/C=C(\CCl)SC)OC. The highest BCUT2D eigenvalue weighted by Gasteiger charge is 2.17. The summed E-state index contributed by atoms with van der Waals surface area (Å²) in [5, 5.41) is 0.